The van der Waals surface area contributed by atoms with Crippen LogP contribution in [0.1, 0.15) is 46.4 Å². The van der Waals surface area contributed by atoms with Crippen molar-refractivity contribution in [3.63, 3.8) is 0 Å². The first-order valence-electron chi connectivity index (χ1n) is 7.05. The molecule has 0 aliphatic carbocycles. The molecule has 2 atom stereocenters. The van der Waals surface area contributed by atoms with Crippen molar-refractivity contribution in [1.82, 2.24) is 4.72 Å². The largest absolute Gasteiger partial charge is 0.598 e. The number of hydrogen-bond donors (Lipinski definition) is 1. The highest BCUT2D eigenvalue weighted by molar-refractivity contribution is 7.90. The zero-order chi connectivity index (χ0) is 15.8. The molecule has 0 unspecified atom stereocenters. The average molecular weight is 311 g/mol. The molecule has 1 aromatic carbocycles. The fraction of sp³-hybridized carbons (Fsp3) is 0.500. The van der Waals surface area contributed by atoms with Crippen molar-refractivity contribution in [2.45, 2.75) is 45.4 Å². The Kier molecular flexibility index (Phi) is 4.66. The van der Waals surface area contributed by atoms with Gasteiger partial charge in [0.1, 0.15) is 27.9 Å². The zero-order valence-corrected chi connectivity index (χ0v) is 13.9. The maximum atomic E-state index is 13.2. The lowest BCUT2D eigenvalue weighted by Gasteiger charge is -2.28. The highest BCUT2D eigenvalue weighted by Crippen LogP contribution is 2.30. The summed E-state index contributed by atoms with van der Waals surface area (Å²) in [7, 11) is 0. The van der Waals surface area contributed by atoms with E-state index in [1.165, 1.54) is 12.1 Å². The molecule has 1 aromatic heterocycles. The van der Waals surface area contributed by atoms with Gasteiger partial charge in [0, 0.05) is 22.8 Å². The normalized spacial score (nSPS) is 15.6. The van der Waals surface area contributed by atoms with Crippen LogP contribution in [0.2, 0.25) is 0 Å². The molecule has 5 heteroatoms. The van der Waals surface area contributed by atoms with Gasteiger partial charge in [-0.25, -0.2) is 4.39 Å². The molecule has 0 radical (unpaired) electrons. The van der Waals surface area contributed by atoms with Gasteiger partial charge < -0.3 is 8.97 Å². The van der Waals surface area contributed by atoms with E-state index < -0.39 is 11.4 Å². The van der Waals surface area contributed by atoms with Crippen LogP contribution in [0, 0.1) is 11.7 Å². The van der Waals surface area contributed by atoms with E-state index in [1.54, 1.807) is 6.07 Å². The third-order valence-corrected chi connectivity index (χ3v) is 4.84. The molecule has 0 fully saturated rings. The van der Waals surface area contributed by atoms with E-state index in [1.807, 2.05) is 40.7 Å². The van der Waals surface area contributed by atoms with E-state index in [2.05, 4.69) is 4.72 Å². The van der Waals surface area contributed by atoms with Crippen LogP contribution >= 0.6 is 0 Å². The number of rotatable bonds is 4. The van der Waals surface area contributed by atoms with Crippen molar-refractivity contribution >= 4 is 22.3 Å². The Balaban J connectivity index is 2.32. The molecular weight excluding hydrogens is 289 g/mol. The van der Waals surface area contributed by atoms with E-state index in [-0.39, 0.29) is 22.5 Å². The average Bonchev–Trinajstić information content (AvgIpc) is 2.76. The van der Waals surface area contributed by atoms with Crippen molar-refractivity contribution < 1.29 is 13.4 Å². The van der Waals surface area contributed by atoms with Crippen LogP contribution in [-0.4, -0.2) is 9.30 Å². The fourth-order valence-electron chi connectivity index (χ4n) is 1.99. The Bertz CT molecular complexity index is 618. The van der Waals surface area contributed by atoms with E-state index >= 15 is 0 Å². The summed E-state index contributed by atoms with van der Waals surface area (Å²) in [6.45, 7) is 9.82. The molecule has 0 amide bonds. The van der Waals surface area contributed by atoms with Crippen molar-refractivity contribution in [1.29, 1.82) is 0 Å². The molecule has 1 heterocycles. The second-order valence-electron chi connectivity index (χ2n) is 6.55. The third kappa shape index (κ3) is 3.78. The van der Waals surface area contributed by atoms with Gasteiger partial charge in [0.25, 0.3) is 0 Å². The van der Waals surface area contributed by atoms with Gasteiger partial charge in [-0.1, -0.05) is 13.8 Å². The van der Waals surface area contributed by atoms with E-state index in [4.69, 9.17) is 4.42 Å². The maximum Gasteiger partial charge on any atom is 0.137 e. The van der Waals surface area contributed by atoms with Crippen molar-refractivity contribution in [3.05, 3.63) is 35.8 Å². The molecule has 2 rings (SSSR count). The molecule has 0 spiro atoms. The predicted molar refractivity (Wildman–Crippen MR) is 84.8 cm³/mol. The van der Waals surface area contributed by atoms with Crippen molar-refractivity contribution in [2.75, 3.05) is 0 Å². The Morgan fingerprint density at radius 3 is 2.48 bits per heavy atom. The molecule has 0 aliphatic rings. The number of fused-ring (bicyclic) bond motifs is 1. The van der Waals surface area contributed by atoms with E-state index in [9.17, 15) is 8.94 Å². The van der Waals surface area contributed by atoms with Crippen LogP contribution in [0.3, 0.4) is 0 Å². The molecule has 3 nitrogen and oxygen atoms in total. The SMILES string of the molecule is CC(C)[C@@H](N[S@@+]([O-])C(C)(C)C)c1cc2ccc(F)cc2o1. The number of nitrogens with one attached hydrogen (secondary N) is 1. The van der Waals surface area contributed by atoms with Gasteiger partial charge >= 0.3 is 0 Å². The highest BCUT2D eigenvalue weighted by Gasteiger charge is 2.32. The number of benzene rings is 1. The minimum Gasteiger partial charge on any atom is -0.598 e. The number of halogens is 1. The van der Waals surface area contributed by atoms with Gasteiger partial charge in [-0.3, -0.25) is 0 Å². The molecule has 0 bridgehead atoms. The van der Waals surface area contributed by atoms with Crippen LogP contribution in [0.4, 0.5) is 4.39 Å². The van der Waals surface area contributed by atoms with Gasteiger partial charge in [-0.15, -0.1) is 4.72 Å². The minimum atomic E-state index is -1.20. The van der Waals surface area contributed by atoms with Crippen LogP contribution in [0.5, 0.6) is 0 Å². The Labute approximate surface area is 128 Å². The topological polar surface area (TPSA) is 48.2 Å². The summed E-state index contributed by atoms with van der Waals surface area (Å²) in [6.07, 6.45) is 0. The van der Waals surface area contributed by atoms with Crippen LogP contribution in [0.25, 0.3) is 11.0 Å². The number of hydrogen-bond acceptors (Lipinski definition) is 3. The minimum absolute atomic E-state index is 0.180. The third-order valence-electron chi connectivity index (χ3n) is 3.26. The van der Waals surface area contributed by atoms with Crippen LogP contribution in [0.15, 0.2) is 28.7 Å². The first kappa shape index (κ1) is 16.3. The monoisotopic (exact) mass is 311 g/mol. The summed E-state index contributed by atoms with van der Waals surface area (Å²) < 4.78 is 34.1. The summed E-state index contributed by atoms with van der Waals surface area (Å²) >= 11 is -1.20. The van der Waals surface area contributed by atoms with E-state index in [0.717, 1.165) is 5.39 Å². The summed E-state index contributed by atoms with van der Waals surface area (Å²) in [5.41, 5.74) is 0.513. The molecular formula is C16H22FNO2S. The Morgan fingerprint density at radius 2 is 1.90 bits per heavy atom. The maximum absolute atomic E-state index is 13.2. The molecule has 21 heavy (non-hydrogen) atoms. The first-order chi connectivity index (χ1) is 9.68. The molecule has 2 aromatic rings. The van der Waals surface area contributed by atoms with Crippen molar-refractivity contribution in [3.8, 4) is 0 Å². The Morgan fingerprint density at radius 1 is 1.24 bits per heavy atom. The molecule has 0 saturated heterocycles. The Hall–Kier alpha value is -1.04. The quantitative estimate of drug-likeness (QED) is 0.855. The second-order valence-corrected chi connectivity index (χ2v) is 8.55. The zero-order valence-electron chi connectivity index (χ0n) is 13.1. The van der Waals surface area contributed by atoms with Crippen LogP contribution in [-0.2, 0) is 11.4 Å². The lowest BCUT2D eigenvalue weighted by molar-refractivity contribution is 0.385. The molecule has 0 saturated carbocycles. The first-order valence-corrected chi connectivity index (χ1v) is 8.20. The summed E-state index contributed by atoms with van der Waals surface area (Å²) in [4.78, 5) is 0. The number of furan rings is 1. The lowest BCUT2D eigenvalue weighted by atomic mass is 10.0. The second kappa shape index (κ2) is 5.99. The standard InChI is InChI=1S/C16H22FNO2S/c1-10(2)15(18-21(19)16(3,4)5)14-8-11-6-7-12(17)9-13(11)20-14/h6-10,15,18H,1-5H3/t15-,21+/m1/s1. The van der Waals surface area contributed by atoms with E-state index in [0.29, 0.717) is 11.3 Å². The predicted octanol–water partition coefficient (Wildman–Crippen LogP) is 4.32. The molecule has 116 valence electrons. The fourth-order valence-corrected chi connectivity index (χ4v) is 2.97. The van der Waals surface area contributed by atoms with Gasteiger partial charge in [-0.2, -0.15) is 0 Å². The van der Waals surface area contributed by atoms with Gasteiger partial charge in [0.05, 0.1) is 0 Å². The summed E-state index contributed by atoms with van der Waals surface area (Å²) in [5.74, 6) is 0.556. The smallest absolute Gasteiger partial charge is 0.137 e. The lowest BCUT2D eigenvalue weighted by Crippen LogP contribution is -2.42. The van der Waals surface area contributed by atoms with Crippen LogP contribution < -0.4 is 4.72 Å². The molecule has 0 aliphatic heterocycles. The van der Waals surface area contributed by atoms with Gasteiger partial charge in [-0.05, 0) is 44.9 Å². The van der Waals surface area contributed by atoms with Gasteiger partial charge in [0.2, 0.25) is 0 Å². The summed E-state index contributed by atoms with van der Waals surface area (Å²) in [5, 5.41) is 0.848. The van der Waals surface area contributed by atoms with Crippen molar-refractivity contribution in [2.24, 2.45) is 5.92 Å². The molecule has 1 N–H and O–H groups in total. The van der Waals surface area contributed by atoms with Gasteiger partial charge in [0.15, 0.2) is 0 Å². The summed E-state index contributed by atoms with van der Waals surface area (Å²) in [6, 6.07) is 6.17. The highest BCUT2D eigenvalue weighted by atomic mass is 32.2.